The largest absolute Gasteiger partial charge is 0.466 e. The highest BCUT2D eigenvalue weighted by molar-refractivity contribution is 8.04. The van der Waals surface area contributed by atoms with Gasteiger partial charge in [0.05, 0.1) is 41.1 Å². The van der Waals surface area contributed by atoms with Gasteiger partial charge in [0.2, 0.25) is 5.91 Å². The van der Waals surface area contributed by atoms with Crippen molar-refractivity contribution in [3.05, 3.63) is 56.6 Å². The Balaban J connectivity index is 2.39. The van der Waals surface area contributed by atoms with Crippen LogP contribution < -0.4 is 5.73 Å². The number of nitrogens with zero attached hydrogens (tertiary/aromatic N) is 1. The number of benzene rings is 1. The number of carbonyl (C=O) groups is 3. The number of amides is 1. The average molecular weight is 441 g/mol. The molecule has 0 saturated carbocycles. The molecule has 1 aromatic rings. The van der Waals surface area contributed by atoms with Crippen LogP contribution in [0.15, 0.2) is 40.2 Å². The molecule has 154 valence electrons. The molecule has 2 atom stereocenters. The van der Waals surface area contributed by atoms with Crippen molar-refractivity contribution in [3.8, 4) is 0 Å². The molecule has 2 heterocycles. The number of esters is 2. The molecule has 1 aromatic carbocycles. The van der Waals surface area contributed by atoms with Crippen LogP contribution in [-0.2, 0) is 23.9 Å². The molecule has 0 aliphatic carbocycles. The van der Waals surface area contributed by atoms with E-state index >= 15 is 0 Å². The topological polar surface area (TPSA) is 98.9 Å². The minimum Gasteiger partial charge on any atom is -0.466 e. The van der Waals surface area contributed by atoms with Crippen LogP contribution in [0.3, 0.4) is 0 Å². The quantitative estimate of drug-likeness (QED) is 0.718. The number of nitrogens with two attached hydrogens (primary N) is 1. The van der Waals surface area contributed by atoms with Crippen molar-refractivity contribution < 1.29 is 28.2 Å². The summed E-state index contributed by atoms with van der Waals surface area (Å²) >= 11 is 7.33. The molecule has 0 aromatic heterocycles. The van der Waals surface area contributed by atoms with Gasteiger partial charge in [-0.15, -0.1) is 0 Å². The van der Waals surface area contributed by atoms with Gasteiger partial charge in [-0.25, -0.2) is 14.0 Å². The average Bonchev–Trinajstić information content (AvgIpc) is 2.96. The number of methoxy groups -OCH3 is 1. The Kier molecular flexibility index (Phi) is 5.90. The van der Waals surface area contributed by atoms with E-state index in [4.69, 9.17) is 26.8 Å². The maximum absolute atomic E-state index is 14.9. The highest BCUT2D eigenvalue weighted by atomic mass is 35.5. The zero-order chi connectivity index (χ0) is 21.5. The predicted molar refractivity (Wildman–Crippen MR) is 105 cm³/mol. The summed E-state index contributed by atoms with van der Waals surface area (Å²) in [5, 5.41) is -0.389. The number of hydrogen-bond acceptors (Lipinski definition) is 7. The monoisotopic (exact) mass is 440 g/mol. The van der Waals surface area contributed by atoms with E-state index in [1.165, 1.54) is 12.1 Å². The third-order valence-electron chi connectivity index (χ3n) is 4.57. The molecule has 2 unspecified atom stereocenters. The summed E-state index contributed by atoms with van der Waals surface area (Å²) in [7, 11) is 1.12. The Labute approximate surface area is 175 Å². The van der Waals surface area contributed by atoms with Crippen LogP contribution in [0.4, 0.5) is 4.39 Å². The minimum atomic E-state index is -1.30. The summed E-state index contributed by atoms with van der Waals surface area (Å²) in [4.78, 5) is 39.3. The molecule has 7 nitrogen and oxygen atoms in total. The highest BCUT2D eigenvalue weighted by Gasteiger charge is 2.50. The molecular weight excluding hydrogens is 423 g/mol. The zero-order valence-corrected chi connectivity index (χ0v) is 17.4. The summed E-state index contributed by atoms with van der Waals surface area (Å²) in [6, 6.07) is 3.98. The fourth-order valence-electron chi connectivity index (χ4n) is 3.32. The third-order valence-corrected chi connectivity index (χ3v) is 6.08. The molecule has 0 radical (unpaired) electrons. The van der Waals surface area contributed by atoms with Gasteiger partial charge >= 0.3 is 11.9 Å². The van der Waals surface area contributed by atoms with Crippen molar-refractivity contribution in [1.29, 1.82) is 0 Å². The van der Waals surface area contributed by atoms with Gasteiger partial charge in [-0.1, -0.05) is 29.4 Å². The van der Waals surface area contributed by atoms with Gasteiger partial charge in [0.25, 0.3) is 0 Å². The maximum atomic E-state index is 14.9. The van der Waals surface area contributed by atoms with E-state index in [1.807, 2.05) is 0 Å². The van der Waals surface area contributed by atoms with Gasteiger partial charge in [-0.2, -0.15) is 0 Å². The number of rotatable bonds is 4. The van der Waals surface area contributed by atoms with Crippen LogP contribution in [0.5, 0.6) is 0 Å². The molecule has 0 spiro atoms. The summed E-state index contributed by atoms with van der Waals surface area (Å²) in [5.41, 5.74) is 5.71. The molecule has 2 aliphatic heterocycles. The summed E-state index contributed by atoms with van der Waals surface area (Å²) in [6.07, 6.45) is 0. The van der Waals surface area contributed by atoms with E-state index in [9.17, 15) is 18.8 Å². The molecule has 0 bridgehead atoms. The van der Waals surface area contributed by atoms with E-state index in [0.717, 1.165) is 29.8 Å². The molecule has 3 rings (SSSR count). The summed E-state index contributed by atoms with van der Waals surface area (Å²) < 4.78 is 24.8. The first-order valence-electron chi connectivity index (χ1n) is 8.68. The number of carbonyl (C=O) groups excluding carboxylic acids is 3. The Morgan fingerprint density at radius 1 is 1.31 bits per heavy atom. The lowest BCUT2D eigenvalue weighted by atomic mass is 9.82. The Hall–Kier alpha value is -2.52. The molecule has 1 amide bonds. The molecule has 29 heavy (non-hydrogen) atoms. The number of hydrogen-bond donors (Lipinski definition) is 1. The van der Waals surface area contributed by atoms with Crippen LogP contribution in [0, 0.1) is 5.82 Å². The second-order valence-electron chi connectivity index (χ2n) is 6.23. The fourth-order valence-corrected chi connectivity index (χ4v) is 4.76. The summed E-state index contributed by atoms with van der Waals surface area (Å²) in [5.74, 6) is -4.40. The van der Waals surface area contributed by atoms with Gasteiger partial charge in [0.1, 0.15) is 11.6 Å². The molecule has 2 N–H and O–H groups in total. The molecule has 1 saturated heterocycles. The fraction of sp³-hybridized carbons (Fsp3) is 0.316. The SMILES string of the molecule is CCOC(=O)C1=C2SC(C)C(=O)N2C(N)=C(C(=O)OC)C1c1c(F)cccc1Cl. The predicted octanol–water partition coefficient (Wildman–Crippen LogP) is 2.66. The summed E-state index contributed by atoms with van der Waals surface area (Å²) in [6.45, 7) is 3.28. The van der Waals surface area contributed by atoms with Crippen molar-refractivity contribution in [1.82, 2.24) is 4.90 Å². The van der Waals surface area contributed by atoms with Gasteiger partial charge < -0.3 is 15.2 Å². The Bertz CT molecular complexity index is 957. The standard InChI is InChI=1S/C19H18ClFN2O5S/c1-4-28-19(26)14-12(11-9(20)6-5-7-10(11)21)13(18(25)27-3)15(22)23-16(24)8(2)29-17(14)23/h5-8,12H,4,22H2,1-3H3. The van der Waals surface area contributed by atoms with Crippen LogP contribution in [0.1, 0.15) is 25.3 Å². The third kappa shape index (κ3) is 3.38. The van der Waals surface area contributed by atoms with Crippen LogP contribution in [0.25, 0.3) is 0 Å². The van der Waals surface area contributed by atoms with Gasteiger partial charge in [0.15, 0.2) is 0 Å². The number of halogens is 2. The smallest absolute Gasteiger partial charge is 0.338 e. The van der Waals surface area contributed by atoms with E-state index in [0.29, 0.717) is 0 Å². The first-order valence-corrected chi connectivity index (χ1v) is 9.94. The maximum Gasteiger partial charge on any atom is 0.338 e. The van der Waals surface area contributed by atoms with Crippen LogP contribution in [0.2, 0.25) is 5.02 Å². The zero-order valence-electron chi connectivity index (χ0n) is 15.8. The second-order valence-corrected chi connectivity index (χ2v) is 7.97. The highest BCUT2D eigenvalue weighted by Crippen LogP contribution is 2.51. The Morgan fingerprint density at radius 2 is 2.00 bits per heavy atom. The van der Waals surface area contributed by atoms with Crippen molar-refractivity contribution in [2.24, 2.45) is 5.73 Å². The van der Waals surface area contributed by atoms with E-state index in [1.54, 1.807) is 13.8 Å². The van der Waals surface area contributed by atoms with Crippen molar-refractivity contribution in [2.45, 2.75) is 25.0 Å². The number of thioether (sulfide) groups is 1. The molecular formula is C19H18ClFN2O5S. The Morgan fingerprint density at radius 3 is 2.59 bits per heavy atom. The lowest BCUT2D eigenvalue weighted by Gasteiger charge is -2.33. The van der Waals surface area contributed by atoms with Crippen molar-refractivity contribution in [2.75, 3.05) is 13.7 Å². The van der Waals surface area contributed by atoms with Gasteiger partial charge in [0, 0.05) is 10.6 Å². The second kappa shape index (κ2) is 8.08. The van der Waals surface area contributed by atoms with E-state index in [2.05, 4.69) is 0 Å². The van der Waals surface area contributed by atoms with E-state index < -0.39 is 34.8 Å². The van der Waals surface area contributed by atoms with Crippen LogP contribution in [-0.4, -0.2) is 41.7 Å². The lowest BCUT2D eigenvalue weighted by molar-refractivity contribution is -0.139. The first kappa shape index (κ1) is 21.2. The normalized spacial score (nSPS) is 21.4. The van der Waals surface area contributed by atoms with Crippen LogP contribution >= 0.6 is 23.4 Å². The molecule has 1 fully saturated rings. The van der Waals surface area contributed by atoms with E-state index in [-0.39, 0.29) is 39.2 Å². The van der Waals surface area contributed by atoms with Crippen molar-refractivity contribution in [3.63, 3.8) is 0 Å². The van der Waals surface area contributed by atoms with Gasteiger partial charge in [-0.05, 0) is 26.0 Å². The number of ether oxygens (including phenoxy) is 2. The first-order chi connectivity index (χ1) is 13.7. The number of fused-ring (bicyclic) bond motifs is 1. The van der Waals surface area contributed by atoms with Crippen molar-refractivity contribution >= 4 is 41.2 Å². The molecule has 10 heteroatoms. The molecule has 2 aliphatic rings. The van der Waals surface area contributed by atoms with Gasteiger partial charge in [-0.3, -0.25) is 9.69 Å². The lowest BCUT2D eigenvalue weighted by Crippen LogP contribution is -2.40. The minimum absolute atomic E-state index is 0.0116.